The van der Waals surface area contributed by atoms with E-state index < -0.39 is 4.92 Å². The molecule has 4 rings (SSSR count). The number of non-ortho nitro benzene ring substituents is 1. The Morgan fingerprint density at radius 2 is 1.90 bits per heavy atom. The van der Waals surface area contributed by atoms with E-state index in [0.717, 1.165) is 16.5 Å². The molecule has 0 aliphatic carbocycles. The van der Waals surface area contributed by atoms with Crippen LogP contribution in [0, 0.1) is 10.1 Å². The van der Waals surface area contributed by atoms with E-state index in [1.54, 1.807) is 41.3 Å². The van der Waals surface area contributed by atoms with Crippen molar-refractivity contribution in [2.24, 2.45) is 0 Å². The highest BCUT2D eigenvalue weighted by Gasteiger charge is 2.29. The zero-order valence-electron chi connectivity index (χ0n) is 15.6. The molecule has 1 N–H and O–H groups in total. The van der Waals surface area contributed by atoms with Gasteiger partial charge in [0, 0.05) is 46.8 Å². The Morgan fingerprint density at radius 1 is 1.14 bits per heavy atom. The number of hydrogen-bond donors (Lipinski definition) is 1. The van der Waals surface area contributed by atoms with Gasteiger partial charge in [-0.3, -0.25) is 19.7 Å². The number of carbonyl (C=O) groups excluding carboxylic acids is 2. The van der Waals surface area contributed by atoms with Crippen LogP contribution in [0.2, 0.25) is 0 Å². The number of nitrogens with zero attached hydrogens (tertiary/aromatic N) is 2. The van der Waals surface area contributed by atoms with Crippen molar-refractivity contribution in [3.63, 3.8) is 0 Å². The second-order valence-corrected chi connectivity index (χ2v) is 6.58. The minimum atomic E-state index is -0.472. The summed E-state index contributed by atoms with van der Waals surface area (Å²) in [5.74, 6) is -0.365. The number of nitro benzene ring substituents is 1. The Hall–Kier alpha value is -4.00. The predicted molar refractivity (Wildman–Crippen MR) is 112 cm³/mol. The lowest BCUT2D eigenvalue weighted by atomic mass is 10.0. The van der Waals surface area contributed by atoms with Gasteiger partial charge < -0.3 is 10.2 Å². The molecule has 0 saturated heterocycles. The van der Waals surface area contributed by atoms with E-state index in [0.29, 0.717) is 23.4 Å². The van der Waals surface area contributed by atoms with E-state index in [-0.39, 0.29) is 17.5 Å². The molecule has 0 radical (unpaired) electrons. The second-order valence-electron chi connectivity index (χ2n) is 6.58. The third-order valence-electron chi connectivity index (χ3n) is 4.89. The summed E-state index contributed by atoms with van der Waals surface area (Å²) in [6.07, 6.45) is 2.95. The lowest BCUT2D eigenvalue weighted by Crippen LogP contribution is -2.25. The molecule has 0 fully saturated rings. The van der Waals surface area contributed by atoms with Crippen molar-refractivity contribution in [2.45, 2.75) is 6.92 Å². The van der Waals surface area contributed by atoms with Crippen molar-refractivity contribution in [1.82, 2.24) is 0 Å². The lowest BCUT2D eigenvalue weighted by Gasteiger charge is -2.15. The molecule has 0 atom stereocenters. The maximum Gasteiger partial charge on any atom is 0.269 e. The van der Waals surface area contributed by atoms with Crippen LogP contribution in [0.25, 0.3) is 16.8 Å². The predicted octanol–water partition coefficient (Wildman–Crippen LogP) is 4.38. The third kappa shape index (κ3) is 3.23. The van der Waals surface area contributed by atoms with Gasteiger partial charge in [0.2, 0.25) is 5.91 Å². The van der Waals surface area contributed by atoms with E-state index in [2.05, 4.69) is 5.32 Å². The summed E-state index contributed by atoms with van der Waals surface area (Å²) in [7, 11) is 0. The number of rotatable bonds is 5. The summed E-state index contributed by atoms with van der Waals surface area (Å²) in [6.45, 7) is 2.50. The van der Waals surface area contributed by atoms with Gasteiger partial charge in [-0.25, -0.2) is 0 Å². The number of nitrogens with one attached hydrogen (secondary N) is 1. The standard InChI is InChI=1S/C22H17N3O4/c1-2-24-19-12-11-18(16-4-3-5-17(21(16)19)22(24)27)23-20(26)13-8-14-6-9-15(10-7-14)25(28)29/h3-13H,2H2,1H3,(H,23,26). The minimum Gasteiger partial charge on any atom is -0.322 e. The van der Waals surface area contributed by atoms with Gasteiger partial charge in [0.25, 0.3) is 11.6 Å². The van der Waals surface area contributed by atoms with Gasteiger partial charge in [-0.1, -0.05) is 12.1 Å². The van der Waals surface area contributed by atoms with E-state index >= 15 is 0 Å². The maximum atomic E-state index is 12.6. The van der Waals surface area contributed by atoms with Gasteiger partial charge in [0.1, 0.15) is 0 Å². The first-order chi connectivity index (χ1) is 14.0. The monoisotopic (exact) mass is 387 g/mol. The summed E-state index contributed by atoms with van der Waals surface area (Å²) < 4.78 is 0. The van der Waals surface area contributed by atoms with Gasteiger partial charge in [0.15, 0.2) is 0 Å². The van der Waals surface area contributed by atoms with Crippen LogP contribution in [-0.4, -0.2) is 23.3 Å². The van der Waals surface area contributed by atoms with E-state index in [1.807, 2.05) is 19.1 Å². The molecule has 0 unspecified atom stereocenters. The molecular formula is C22H17N3O4. The van der Waals surface area contributed by atoms with Crippen LogP contribution in [0.1, 0.15) is 22.8 Å². The molecule has 1 heterocycles. The number of carbonyl (C=O) groups is 2. The average molecular weight is 387 g/mol. The van der Waals surface area contributed by atoms with Crippen LogP contribution in [0.15, 0.2) is 60.7 Å². The molecular weight excluding hydrogens is 370 g/mol. The molecule has 7 nitrogen and oxygen atoms in total. The van der Waals surface area contributed by atoms with Crippen LogP contribution in [0.5, 0.6) is 0 Å². The van der Waals surface area contributed by atoms with Gasteiger partial charge in [-0.15, -0.1) is 0 Å². The van der Waals surface area contributed by atoms with Crippen molar-refractivity contribution in [3.05, 3.63) is 81.9 Å². The first-order valence-electron chi connectivity index (χ1n) is 9.10. The molecule has 0 bridgehead atoms. The normalized spacial score (nSPS) is 12.7. The number of benzene rings is 3. The number of anilines is 2. The molecule has 2 amide bonds. The van der Waals surface area contributed by atoms with E-state index in [1.165, 1.54) is 18.2 Å². The quantitative estimate of drug-likeness (QED) is 0.399. The Balaban J connectivity index is 1.59. The molecule has 144 valence electrons. The van der Waals surface area contributed by atoms with Crippen LogP contribution < -0.4 is 10.2 Å². The fraction of sp³-hybridized carbons (Fsp3) is 0.0909. The van der Waals surface area contributed by atoms with Crippen LogP contribution in [0.3, 0.4) is 0 Å². The first kappa shape index (κ1) is 18.4. The molecule has 3 aromatic carbocycles. The largest absolute Gasteiger partial charge is 0.322 e. The van der Waals surface area contributed by atoms with Crippen molar-refractivity contribution < 1.29 is 14.5 Å². The topological polar surface area (TPSA) is 92.6 Å². The highest BCUT2D eigenvalue weighted by molar-refractivity contribution is 6.27. The van der Waals surface area contributed by atoms with Gasteiger partial charge >= 0.3 is 0 Å². The average Bonchev–Trinajstić information content (AvgIpc) is 3.01. The zero-order valence-corrected chi connectivity index (χ0v) is 15.6. The number of nitro groups is 1. The Morgan fingerprint density at radius 3 is 2.59 bits per heavy atom. The summed E-state index contributed by atoms with van der Waals surface area (Å²) >= 11 is 0. The number of amides is 2. The molecule has 7 heteroatoms. The van der Waals surface area contributed by atoms with Crippen LogP contribution in [0.4, 0.5) is 17.1 Å². The minimum absolute atomic E-state index is 0.00448. The van der Waals surface area contributed by atoms with Gasteiger partial charge in [-0.2, -0.15) is 0 Å². The van der Waals surface area contributed by atoms with E-state index in [9.17, 15) is 19.7 Å². The van der Waals surface area contributed by atoms with Crippen LogP contribution >= 0.6 is 0 Å². The molecule has 1 aliphatic rings. The van der Waals surface area contributed by atoms with Crippen molar-refractivity contribution in [1.29, 1.82) is 0 Å². The lowest BCUT2D eigenvalue weighted by molar-refractivity contribution is -0.384. The molecule has 29 heavy (non-hydrogen) atoms. The second kappa shape index (κ2) is 7.20. The molecule has 0 saturated carbocycles. The fourth-order valence-electron chi connectivity index (χ4n) is 3.52. The summed E-state index contributed by atoms with van der Waals surface area (Å²) in [5.41, 5.74) is 2.78. The highest BCUT2D eigenvalue weighted by Crippen LogP contribution is 2.40. The SMILES string of the molecule is CCN1C(=O)c2cccc3c(NC(=O)C=Cc4ccc([N+](=O)[O-])cc4)ccc1c23. The van der Waals surface area contributed by atoms with Crippen molar-refractivity contribution in [2.75, 3.05) is 16.8 Å². The maximum absolute atomic E-state index is 12.6. The Bertz CT molecular complexity index is 1180. The van der Waals surface area contributed by atoms with Gasteiger partial charge in [-0.05, 0) is 48.9 Å². The smallest absolute Gasteiger partial charge is 0.269 e. The molecule has 1 aliphatic heterocycles. The van der Waals surface area contributed by atoms with Gasteiger partial charge in [0.05, 0.1) is 10.6 Å². The summed E-state index contributed by atoms with van der Waals surface area (Å²) in [6, 6.07) is 15.0. The molecule has 3 aromatic rings. The third-order valence-corrected chi connectivity index (χ3v) is 4.89. The Labute approximate surface area is 166 Å². The van der Waals surface area contributed by atoms with Crippen molar-refractivity contribution >= 4 is 45.7 Å². The highest BCUT2D eigenvalue weighted by atomic mass is 16.6. The first-order valence-corrected chi connectivity index (χ1v) is 9.10. The zero-order chi connectivity index (χ0) is 20.5. The summed E-state index contributed by atoms with van der Waals surface area (Å²) in [4.78, 5) is 36.9. The number of hydrogen-bond acceptors (Lipinski definition) is 4. The Kier molecular flexibility index (Phi) is 4.56. The van der Waals surface area contributed by atoms with E-state index in [4.69, 9.17) is 0 Å². The fourth-order valence-corrected chi connectivity index (χ4v) is 3.52. The van der Waals surface area contributed by atoms with Crippen LogP contribution in [-0.2, 0) is 4.79 Å². The summed E-state index contributed by atoms with van der Waals surface area (Å²) in [5, 5.41) is 15.2. The molecule has 0 spiro atoms. The van der Waals surface area contributed by atoms with Crippen molar-refractivity contribution in [3.8, 4) is 0 Å². The molecule has 0 aromatic heterocycles.